The summed E-state index contributed by atoms with van der Waals surface area (Å²) in [7, 11) is 0. The minimum absolute atomic E-state index is 0.0540. The molecule has 0 N–H and O–H groups in total. The van der Waals surface area contributed by atoms with Gasteiger partial charge in [0.1, 0.15) is 0 Å². The maximum atomic E-state index is 12.1. The number of thiazole rings is 1. The summed E-state index contributed by atoms with van der Waals surface area (Å²) in [5.74, 6) is -1.93. The highest BCUT2D eigenvalue weighted by Crippen LogP contribution is 2.64. The summed E-state index contributed by atoms with van der Waals surface area (Å²) in [6, 6.07) is 0. The van der Waals surface area contributed by atoms with Gasteiger partial charge in [-0.15, -0.1) is 11.3 Å². The lowest BCUT2D eigenvalue weighted by Crippen LogP contribution is -2.72. The van der Waals surface area contributed by atoms with Crippen molar-refractivity contribution in [3.05, 3.63) is 16.6 Å². The lowest BCUT2D eigenvalue weighted by atomic mass is 9.57. The van der Waals surface area contributed by atoms with Gasteiger partial charge in [-0.05, 0) is 38.0 Å². The zero-order valence-corrected chi connectivity index (χ0v) is 17.5. The molecule has 7 nitrogen and oxygen atoms in total. The summed E-state index contributed by atoms with van der Waals surface area (Å²) < 4.78 is 18.8. The number of rotatable bonds is 2. The number of ether oxygens (including phenoxy) is 3. The number of hydrogen-bond acceptors (Lipinski definition) is 8. The maximum absolute atomic E-state index is 12.1. The Labute approximate surface area is 168 Å². The summed E-state index contributed by atoms with van der Waals surface area (Å²) in [6.45, 7) is 7.63. The molecule has 1 aromatic heterocycles. The van der Waals surface area contributed by atoms with E-state index in [2.05, 4.69) is 18.8 Å². The van der Waals surface area contributed by atoms with E-state index in [4.69, 9.17) is 24.0 Å². The van der Waals surface area contributed by atoms with E-state index in [1.54, 1.807) is 6.20 Å². The van der Waals surface area contributed by atoms with Crippen molar-refractivity contribution >= 4 is 17.3 Å². The minimum Gasteiger partial charge on any atom is -0.426 e. The fourth-order valence-electron chi connectivity index (χ4n) is 5.93. The first-order chi connectivity index (χ1) is 13.3. The fraction of sp³-hybridized carbons (Fsp3) is 0.800. The van der Waals surface area contributed by atoms with Gasteiger partial charge in [0.25, 0.3) is 5.79 Å². The quantitative estimate of drug-likeness (QED) is 0.544. The minimum atomic E-state index is -1.28. The number of esters is 1. The molecule has 0 amide bonds. The molecule has 28 heavy (non-hydrogen) atoms. The molecule has 8 atom stereocenters. The van der Waals surface area contributed by atoms with E-state index >= 15 is 0 Å². The van der Waals surface area contributed by atoms with E-state index < -0.39 is 29.4 Å². The van der Waals surface area contributed by atoms with Crippen LogP contribution in [-0.2, 0) is 34.6 Å². The van der Waals surface area contributed by atoms with Gasteiger partial charge in [-0.1, -0.05) is 13.8 Å². The lowest BCUT2D eigenvalue weighted by molar-refractivity contribution is -0.587. The molecule has 5 fully saturated rings. The highest BCUT2D eigenvalue weighted by atomic mass is 32.1. The van der Waals surface area contributed by atoms with Gasteiger partial charge >= 0.3 is 5.97 Å². The van der Waals surface area contributed by atoms with Crippen molar-refractivity contribution in [2.24, 2.45) is 23.7 Å². The molecule has 154 valence electrons. The van der Waals surface area contributed by atoms with E-state index in [0.29, 0.717) is 10.9 Å². The number of carbonyl (C=O) groups is 1. The van der Waals surface area contributed by atoms with Crippen LogP contribution in [0.5, 0.6) is 0 Å². The zero-order chi connectivity index (χ0) is 19.7. The molecule has 1 unspecified atom stereocenters. The highest BCUT2D eigenvalue weighted by molar-refractivity contribution is 7.09. The molecule has 5 heterocycles. The zero-order valence-electron chi connectivity index (χ0n) is 16.7. The maximum Gasteiger partial charge on any atom is 0.305 e. The van der Waals surface area contributed by atoms with Crippen LogP contribution in [0.4, 0.5) is 0 Å². The lowest BCUT2D eigenvalue weighted by Gasteiger charge is -2.62. The van der Waals surface area contributed by atoms with Gasteiger partial charge in [0.05, 0.1) is 0 Å². The second-order valence-corrected chi connectivity index (χ2v) is 9.81. The van der Waals surface area contributed by atoms with E-state index in [0.717, 1.165) is 25.7 Å². The van der Waals surface area contributed by atoms with Crippen molar-refractivity contribution in [1.82, 2.24) is 4.98 Å². The molecule has 4 aliphatic heterocycles. The third kappa shape index (κ3) is 2.41. The molecule has 0 radical (unpaired) electrons. The van der Waals surface area contributed by atoms with Crippen molar-refractivity contribution in [3.8, 4) is 0 Å². The van der Waals surface area contributed by atoms with Gasteiger partial charge in [-0.3, -0.25) is 4.79 Å². The third-order valence-electron chi connectivity index (χ3n) is 7.29. The van der Waals surface area contributed by atoms with Crippen molar-refractivity contribution in [1.29, 1.82) is 0 Å². The Bertz CT molecular complexity index is 773. The molecule has 1 saturated carbocycles. The van der Waals surface area contributed by atoms with E-state index in [1.807, 2.05) is 12.3 Å². The number of hydrogen-bond donors (Lipinski definition) is 0. The molecule has 6 rings (SSSR count). The molecular formula is C20H27NO6S. The smallest absolute Gasteiger partial charge is 0.305 e. The number of fused-ring (bicyclic) bond motifs is 2. The fourth-order valence-corrected chi connectivity index (χ4v) is 6.74. The second kappa shape index (κ2) is 6.22. The second-order valence-electron chi connectivity index (χ2n) is 8.92. The van der Waals surface area contributed by atoms with E-state index in [9.17, 15) is 4.79 Å². The predicted octanol–water partition coefficient (Wildman–Crippen LogP) is 3.74. The van der Waals surface area contributed by atoms with Crippen molar-refractivity contribution in [2.75, 3.05) is 0 Å². The Hall–Kier alpha value is -1.06. The average Bonchev–Trinajstić information content (AvgIpc) is 3.09. The van der Waals surface area contributed by atoms with Crippen LogP contribution < -0.4 is 0 Å². The summed E-state index contributed by atoms with van der Waals surface area (Å²) in [6.07, 6.45) is 4.73. The number of nitrogens with zero attached hydrogens (tertiary/aromatic N) is 1. The van der Waals surface area contributed by atoms with Crippen LogP contribution in [-0.4, -0.2) is 28.6 Å². The van der Waals surface area contributed by atoms with Gasteiger partial charge < -0.3 is 14.2 Å². The summed E-state index contributed by atoms with van der Waals surface area (Å²) >= 11 is 1.43. The Kier molecular flexibility index (Phi) is 4.21. The topological polar surface area (TPSA) is 76.1 Å². The molecule has 1 aromatic rings. The average molecular weight is 410 g/mol. The number of carbonyl (C=O) groups excluding carboxylic acids is 1. The summed E-state index contributed by atoms with van der Waals surface area (Å²) in [5, 5.41) is 2.50. The molecule has 1 aliphatic carbocycles. The van der Waals surface area contributed by atoms with Crippen LogP contribution in [0.1, 0.15) is 58.4 Å². The first-order valence-electron chi connectivity index (χ1n) is 10.1. The monoisotopic (exact) mass is 409 g/mol. The van der Waals surface area contributed by atoms with Crippen LogP contribution in [0.2, 0.25) is 0 Å². The standard InChI is InChI=1S/C20H27NO6S/c1-11-5-6-15-12(2)20(23-13(3)22,16-21-9-10-28-16)25-17-19(15)14(11)7-8-18(4,24-17)26-27-19/h9-12,14-15,17H,5-8H2,1-4H3/t11-,12-,14+,15+,17+,18-,19-,20?/m1/s1. The number of aromatic nitrogens is 1. The van der Waals surface area contributed by atoms with Crippen LogP contribution in [0.3, 0.4) is 0 Å². The Morgan fingerprint density at radius 1 is 1.21 bits per heavy atom. The Morgan fingerprint density at radius 2 is 2.04 bits per heavy atom. The van der Waals surface area contributed by atoms with Gasteiger partial charge in [0.15, 0.2) is 16.9 Å². The molecule has 2 bridgehead atoms. The van der Waals surface area contributed by atoms with Crippen LogP contribution in [0, 0.1) is 23.7 Å². The summed E-state index contributed by atoms with van der Waals surface area (Å²) in [5.41, 5.74) is -0.700. The van der Waals surface area contributed by atoms with E-state index in [-0.39, 0.29) is 17.8 Å². The van der Waals surface area contributed by atoms with Gasteiger partial charge in [-0.25, -0.2) is 14.8 Å². The van der Waals surface area contributed by atoms with Crippen LogP contribution in [0.25, 0.3) is 0 Å². The molecule has 5 aliphatic rings. The Balaban J connectivity index is 1.66. The van der Waals surface area contributed by atoms with Gasteiger partial charge in [0, 0.05) is 36.8 Å². The largest absolute Gasteiger partial charge is 0.426 e. The summed E-state index contributed by atoms with van der Waals surface area (Å²) in [4.78, 5) is 28.6. The van der Waals surface area contributed by atoms with Crippen molar-refractivity contribution in [2.45, 2.75) is 76.8 Å². The normalized spacial score (nSPS) is 49.9. The first kappa shape index (κ1) is 18.9. The van der Waals surface area contributed by atoms with Crippen molar-refractivity contribution in [3.63, 3.8) is 0 Å². The molecule has 1 spiro atoms. The molecule has 0 aromatic carbocycles. The SMILES string of the molecule is CC(=O)OC1(c2nccs2)O[C@@H]2O[C@@]3(C)CC[C@H]4[C@H](C)CC[C@@H]([C@H]1C)[C@@]24OO3. The third-order valence-corrected chi connectivity index (χ3v) is 8.16. The highest BCUT2D eigenvalue weighted by Gasteiger charge is 2.73. The first-order valence-corrected chi connectivity index (χ1v) is 11.0. The Morgan fingerprint density at radius 3 is 2.75 bits per heavy atom. The van der Waals surface area contributed by atoms with Gasteiger partial charge in [-0.2, -0.15) is 0 Å². The molecular weight excluding hydrogens is 382 g/mol. The molecule has 8 heteroatoms. The van der Waals surface area contributed by atoms with E-state index in [1.165, 1.54) is 18.3 Å². The van der Waals surface area contributed by atoms with Gasteiger partial charge in [0.2, 0.25) is 5.79 Å². The van der Waals surface area contributed by atoms with Crippen LogP contribution in [0.15, 0.2) is 11.6 Å². The predicted molar refractivity (Wildman–Crippen MR) is 98.6 cm³/mol. The van der Waals surface area contributed by atoms with Crippen LogP contribution >= 0.6 is 11.3 Å². The molecule has 4 saturated heterocycles. The van der Waals surface area contributed by atoms with Crippen molar-refractivity contribution < 1.29 is 28.8 Å².